The van der Waals surface area contributed by atoms with Gasteiger partial charge < -0.3 is 0 Å². The van der Waals surface area contributed by atoms with Crippen LogP contribution in [0.3, 0.4) is 0 Å². The molecule has 0 N–H and O–H groups in total. The molecule has 6 heteroatoms. The van der Waals surface area contributed by atoms with Gasteiger partial charge in [-0.1, -0.05) is 19.1 Å². The van der Waals surface area contributed by atoms with E-state index in [1.807, 2.05) is 6.92 Å². The number of carbonyl (C=O) groups excluding carboxylic acids is 1. The highest BCUT2D eigenvalue weighted by atomic mass is 19.4. The molecule has 1 amide bonds. The van der Waals surface area contributed by atoms with Crippen LogP contribution in [0.15, 0.2) is 12.1 Å². The van der Waals surface area contributed by atoms with Crippen molar-refractivity contribution in [1.29, 1.82) is 0 Å². The molecule has 2 nitrogen and oxygen atoms in total. The van der Waals surface area contributed by atoms with Gasteiger partial charge in [-0.15, -0.1) is 0 Å². The van der Waals surface area contributed by atoms with E-state index in [0.717, 1.165) is 6.42 Å². The summed E-state index contributed by atoms with van der Waals surface area (Å²) in [7, 11) is 0. The van der Waals surface area contributed by atoms with E-state index < -0.39 is 29.9 Å². The van der Waals surface area contributed by atoms with E-state index >= 15 is 0 Å². The zero-order valence-corrected chi connectivity index (χ0v) is 12.0. The Morgan fingerprint density at radius 3 is 2.45 bits per heavy atom. The highest BCUT2D eigenvalue weighted by molar-refractivity contribution is 6.10. The fraction of sp³-hybridized carbons (Fsp3) is 0.562. The first-order valence-corrected chi connectivity index (χ1v) is 7.46. The summed E-state index contributed by atoms with van der Waals surface area (Å²) in [5.74, 6) is -0.826. The lowest BCUT2D eigenvalue weighted by atomic mass is 9.95. The van der Waals surface area contributed by atoms with Crippen molar-refractivity contribution in [2.75, 3.05) is 11.4 Å². The molecule has 0 radical (unpaired) electrons. The number of carbonyl (C=O) groups is 1. The summed E-state index contributed by atoms with van der Waals surface area (Å²) < 4.78 is 53.2. The maximum absolute atomic E-state index is 14.8. The van der Waals surface area contributed by atoms with Gasteiger partial charge in [0, 0.05) is 0 Å². The maximum Gasteiger partial charge on any atom is 0.406 e. The summed E-state index contributed by atoms with van der Waals surface area (Å²) in [4.78, 5) is 13.0. The van der Waals surface area contributed by atoms with E-state index in [9.17, 15) is 22.4 Å². The predicted octanol–water partition coefficient (Wildman–Crippen LogP) is 3.89. The first kappa shape index (κ1) is 14.0. The van der Waals surface area contributed by atoms with Gasteiger partial charge in [-0.25, -0.2) is 4.39 Å². The number of nitrogens with zero attached hydrogens (tertiary/aromatic N) is 1. The van der Waals surface area contributed by atoms with Gasteiger partial charge in [-0.3, -0.25) is 9.69 Å². The average molecular weight is 313 g/mol. The lowest BCUT2D eigenvalue weighted by Crippen LogP contribution is -2.39. The Kier molecular flexibility index (Phi) is 2.57. The van der Waals surface area contributed by atoms with E-state index in [0.29, 0.717) is 34.8 Å². The standard InChI is InChI=1S/C16H15F4NO/c1-8-6-10(8)9-2-3-11-13(12(9)17)21(7-16(18,19)20)14(22)15(11)4-5-15/h2-3,8,10H,4-7H2,1H3/t8-,10-/m0/s1. The van der Waals surface area contributed by atoms with Crippen LogP contribution in [-0.2, 0) is 10.2 Å². The zero-order chi connectivity index (χ0) is 15.9. The number of halogens is 4. The van der Waals surface area contributed by atoms with E-state index in [-0.39, 0.29) is 11.6 Å². The molecule has 0 saturated heterocycles. The number of hydrogen-bond acceptors (Lipinski definition) is 1. The molecule has 22 heavy (non-hydrogen) atoms. The minimum Gasteiger partial charge on any atom is -0.299 e. The molecular weight excluding hydrogens is 298 g/mol. The highest BCUT2D eigenvalue weighted by Crippen LogP contribution is 2.60. The number of amides is 1. The normalized spacial score (nSPS) is 28.2. The molecule has 2 atom stereocenters. The van der Waals surface area contributed by atoms with Gasteiger partial charge in [0.2, 0.25) is 5.91 Å². The van der Waals surface area contributed by atoms with Gasteiger partial charge in [0.05, 0.1) is 11.1 Å². The van der Waals surface area contributed by atoms with Crippen LogP contribution >= 0.6 is 0 Å². The van der Waals surface area contributed by atoms with Crippen molar-refractivity contribution in [2.24, 2.45) is 5.92 Å². The summed E-state index contributed by atoms with van der Waals surface area (Å²) in [5.41, 5.74) is -0.133. The van der Waals surface area contributed by atoms with Gasteiger partial charge in [-0.05, 0) is 42.2 Å². The lowest BCUT2D eigenvalue weighted by Gasteiger charge is -2.21. The monoisotopic (exact) mass is 313 g/mol. The smallest absolute Gasteiger partial charge is 0.299 e. The Hall–Kier alpha value is -1.59. The van der Waals surface area contributed by atoms with Crippen LogP contribution in [0, 0.1) is 11.7 Å². The molecule has 2 fully saturated rings. The molecule has 4 rings (SSSR count). The number of alkyl halides is 3. The van der Waals surface area contributed by atoms with Crippen LogP contribution < -0.4 is 4.90 Å². The van der Waals surface area contributed by atoms with Crippen LogP contribution in [0.4, 0.5) is 23.2 Å². The third kappa shape index (κ3) is 1.82. The zero-order valence-electron chi connectivity index (χ0n) is 12.0. The predicted molar refractivity (Wildman–Crippen MR) is 72.2 cm³/mol. The van der Waals surface area contributed by atoms with Gasteiger partial charge in [-0.2, -0.15) is 13.2 Å². The third-order valence-corrected chi connectivity index (χ3v) is 5.18. The first-order valence-electron chi connectivity index (χ1n) is 7.46. The molecule has 0 aromatic heterocycles. The number of benzene rings is 1. The molecule has 1 spiro atoms. The SMILES string of the molecule is C[C@H]1C[C@@H]1c1ccc2c(c1F)N(CC(F)(F)F)C(=O)C21CC1. The second kappa shape index (κ2) is 4.03. The first-order chi connectivity index (χ1) is 10.2. The lowest BCUT2D eigenvalue weighted by molar-refractivity contribution is -0.133. The van der Waals surface area contributed by atoms with Crippen molar-refractivity contribution < 1.29 is 22.4 Å². The van der Waals surface area contributed by atoms with E-state index in [1.165, 1.54) is 0 Å². The van der Waals surface area contributed by atoms with Crippen molar-refractivity contribution in [1.82, 2.24) is 0 Å². The summed E-state index contributed by atoms with van der Waals surface area (Å²) in [6, 6.07) is 3.33. The topological polar surface area (TPSA) is 20.3 Å². The van der Waals surface area contributed by atoms with E-state index in [2.05, 4.69) is 0 Å². The maximum atomic E-state index is 14.8. The average Bonchev–Trinajstić information content (AvgIpc) is 3.30. The Morgan fingerprint density at radius 2 is 1.95 bits per heavy atom. The molecular formula is C16H15F4NO. The van der Waals surface area contributed by atoms with Gasteiger partial charge >= 0.3 is 6.18 Å². The largest absolute Gasteiger partial charge is 0.406 e. The second-order valence-electron chi connectivity index (χ2n) is 6.77. The minimum atomic E-state index is -4.54. The van der Waals surface area contributed by atoms with E-state index in [1.54, 1.807) is 12.1 Å². The summed E-state index contributed by atoms with van der Waals surface area (Å²) in [6.45, 7) is 0.569. The summed E-state index contributed by atoms with van der Waals surface area (Å²) in [5, 5.41) is 0. The molecule has 1 aromatic carbocycles. The van der Waals surface area contributed by atoms with Crippen LogP contribution in [0.25, 0.3) is 0 Å². The quantitative estimate of drug-likeness (QED) is 0.759. The highest BCUT2D eigenvalue weighted by Gasteiger charge is 2.61. The van der Waals surface area contributed by atoms with Gasteiger partial charge in [0.15, 0.2) is 5.82 Å². The number of fused-ring (bicyclic) bond motifs is 2. The Bertz CT molecular complexity index is 677. The number of rotatable bonds is 2. The molecule has 3 aliphatic rings. The number of hydrogen-bond donors (Lipinski definition) is 0. The van der Waals surface area contributed by atoms with Crippen LogP contribution in [0.1, 0.15) is 43.2 Å². The van der Waals surface area contributed by atoms with Crippen LogP contribution in [0.5, 0.6) is 0 Å². The fourth-order valence-electron chi connectivity index (χ4n) is 3.69. The minimum absolute atomic E-state index is 0.0592. The number of anilines is 1. The molecule has 2 aliphatic carbocycles. The van der Waals surface area contributed by atoms with Crippen molar-refractivity contribution in [3.05, 3.63) is 29.1 Å². The third-order valence-electron chi connectivity index (χ3n) is 5.18. The molecule has 1 aliphatic heterocycles. The molecule has 1 heterocycles. The molecule has 1 aromatic rings. The van der Waals surface area contributed by atoms with Gasteiger partial charge in [0.1, 0.15) is 6.54 Å². The molecule has 0 bridgehead atoms. The van der Waals surface area contributed by atoms with E-state index in [4.69, 9.17) is 0 Å². The van der Waals surface area contributed by atoms with Crippen molar-refractivity contribution in [3.63, 3.8) is 0 Å². The second-order valence-corrected chi connectivity index (χ2v) is 6.77. The Balaban J connectivity index is 1.83. The Morgan fingerprint density at radius 1 is 1.32 bits per heavy atom. The summed E-state index contributed by atoms with van der Waals surface area (Å²) >= 11 is 0. The Labute approximate surface area is 125 Å². The van der Waals surface area contributed by atoms with Crippen molar-refractivity contribution in [3.8, 4) is 0 Å². The summed E-state index contributed by atoms with van der Waals surface area (Å²) in [6.07, 6.45) is -2.69. The van der Waals surface area contributed by atoms with Crippen molar-refractivity contribution in [2.45, 2.75) is 43.7 Å². The van der Waals surface area contributed by atoms with Crippen molar-refractivity contribution >= 4 is 11.6 Å². The fourth-order valence-corrected chi connectivity index (χ4v) is 3.69. The molecule has 118 valence electrons. The molecule has 0 unspecified atom stereocenters. The molecule has 2 saturated carbocycles. The van der Waals surface area contributed by atoms with Gasteiger partial charge in [0.25, 0.3) is 0 Å². The van der Waals surface area contributed by atoms with Crippen LogP contribution in [-0.4, -0.2) is 18.6 Å². The van der Waals surface area contributed by atoms with Crippen LogP contribution in [0.2, 0.25) is 0 Å².